The number of nitro groups is 1. The minimum Gasteiger partial charge on any atom is -0.491 e. The van der Waals surface area contributed by atoms with Crippen LogP contribution >= 0.6 is 11.8 Å². The van der Waals surface area contributed by atoms with Gasteiger partial charge in [0, 0.05) is 4.90 Å². The van der Waals surface area contributed by atoms with Crippen molar-refractivity contribution in [3.8, 4) is 5.75 Å². The SMILES string of the molecule is CCOc1c(C)[nH]c(=O)c([N+](=O)[O-])c1Sc1cc(C)cc(C)c1. The number of benzene rings is 1. The second-order valence-corrected chi connectivity index (χ2v) is 6.29. The Morgan fingerprint density at radius 1 is 1.22 bits per heavy atom. The van der Waals surface area contributed by atoms with Crippen LogP contribution < -0.4 is 10.3 Å². The van der Waals surface area contributed by atoms with Crippen molar-refractivity contribution in [2.24, 2.45) is 0 Å². The maximum atomic E-state index is 12.0. The molecular formula is C16H18N2O4S. The summed E-state index contributed by atoms with van der Waals surface area (Å²) in [5.74, 6) is 0.350. The molecule has 1 heterocycles. The molecule has 0 fully saturated rings. The monoisotopic (exact) mass is 334 g/mol. The lowest BCUT2D eigenvalue weighted by molar-refractivity contribution is -0.389. The van der Waals surface area contributed by atoms with Gasteiger partial charge in [0.1, 0.15) is 4.90 Å². The number of aromatic nitrogens is 1. The van der Waals surface area contributed by atoms with Crippen LogP contribution in [0.15, 0.2) is 32.8 Å². The van der Waals surface area contributed by atoms with Gasteiger partial charge in [0.2, 0.25) is 0 Å². The fourth-order valence-electron chi connectivity index (χ4n) is 2.36. The molecule has 0 aliphatic carbocycles. The molecule has 1 aromatic heterocycles. The van der Waals surface area contributed by atoms with Crippen LogP contribution in [0.5, 0.6) is 5.75 Å². The summed E-state index contributed by atoms with van der Waals surface area (Å²) in [5.41, 5.74) is 1.38. The molecular weight excluding hydrogens is 316 g/mol. The van der Waals surface area contributed by atoms with Gasteiger partial charge in [0.05, 0.1) is 17.2 Å². The van der Waals surface area contributed by atoms with E-state index in [-0.39, 0.29) is 4.90 Å². The molecule has 0 unspecified atom stereocenters. The molecule has 7 heteroatoms. The van der Waals surface area contributed by atoms with E-state index in [9.17, 15) is 14.9 Å². The first-order valence-corrected chi connectivity index (χ1v) is 7.95. The van der Waals surface area contributed by atoms with E-state index >= 15 is 0 Å². The number of nitrogens with one attached hydrogen (secondary N) is 1. The summed E-state index contributed by atoms with van der Waals surface area (Å²) in [6, 6.07) is 5.87. The molecule has 0 bridgehead atoms. The summed E-state index contributed by atoms with van der Waals surface area (Å²) >= 11 is 1.18. The van der Waals surface area contributed by atoms with Crippen LogP contribution in [0.1, 0.15) is 23.7 Å². The number of H-pyrrole nitrogens is 1. The molecule has 0 saturated carbocycles. The average molecular weight is 334 g/mol. The second-order valence-electron chi connectivity index (χ2n) is 5.20. The van der Waals surface area contributed by atoms with Crippen LogP contribution in [-0.4, -0.2) is 16.5 Å². The van der Waals surface area contributed by atoms with Crippen molar-refractivity contribution in [1.29, 1.82) is 0 Å². The van der Waals surface area contributed by atoms with Crippen molar-refractivity contribution in [3.05, 3.63) is 55.5 Å². The third-order valence-corrected chi connectivity index (χ3v) is 4.22. The maximum Gasteiger partial charge on any atom is 0.351 e. The third kappa shape index (κ3) is 3.73. The van der Waals surface area contributed by atoms with Crippen molar-refractivity contribution < 1.29 is 9.66 Å². The molecule has 0 aliphatic rings. The highest BCUT2D eigenvalue weighted by Gasteiger charge is 2.27. The molecule has 122 valence electrons. The minimum absolute atomic E-state index is 0.239. The van der Waals surface area contributed by atoms with Gasteiger partial charge < -0.3 is 9.72 Å². The molecule has 0 saturated heterocycles. The minimum atomic E-state index is -0.720. The highest BCUT2D eigenvalue weighted by molar-refractivity contribution is 7.99. The first-order chi connectivity index (χ1) is 10.8. The van der Waals surface area contributed by atoms with E-state index < -0.39 is 16.2 Å². The summed E-state index contributed by atoms with van der Waals surface area (Å²) < 4.78 is 5.55. The van der Waals surface area contributed by atoms with Crippen molar-refractivity contribution >= 4 is 17.4 Å². The van der Waals surface area contributed by atoms with E-state index in [0.717, 1.165) is 16.0 Å². The van der Waals surface area contributed by atoms with Crippen LogP contribution in [0.2, 0.25) is 0 Å². The lowest BCUT2D eigenvalue weighted by Crippen LogP contribution is -2.16. The summed E-state index contributed by atoms with van der Waals surface area (Å²) in [6.45, 7) is 7.73. The zero-order valence-corrected chi connectivity index (χ0v) is 14.2. The summed E-state index contributed by atoms with van der Waals surface area (Å²) in [5, 5.41) is 11.4. The molecule has 0 spiro atoms. The maximum absolute atomic E-state index is 12.0. The molecule has 0 atom stereocenters. The molecule has 0 aliphatic heterocycles. The molecule has 1 N–H and O–H groups in total. The van der Waals surface area contributed by atoms with E-state index in [1.165, 1.54) is 11.8 Å². The Kier molecular flexibility index (Phi) is 5.10. The third-order valence-electron chi connectivity index (χ3n) is 3.16. The first kappa shape index (κ1) is 17.1. The van der Waals surface area contributed by atoms with Gasteiger partial charge in [-0.05, 0) is 51.0 Å². The van der Waals surface area contributed by atoms with Crippen LogP contribution in [0.3, 0.4) is 0 Å². The zero-order valence-electron chi connectivity index (χ0n) is 13.4. The number of nitrogens with zero attached hydrogens (tertiary/aromatic N) is 1. The molecule has 23 heavy (non-hydrogen) atoms. The van der Waals surface area contributed by atoms with Crippen LogP contribution in [0.4, 0.5) is 5.69 Å². The van der Waals surface area contributed by atoms with Gasteiger partial charge in [-0.2, -0.15) is 0 Å². The molecule has 0 amide bonds. The van der Waals surface area contributed by atoms with Gasteiger partial charge in [-0.25, -0.2) is 0 Å². The van der Waals surface area contributed by atoms with Gasteiger partial charge in [-0.1, -0.05) is 17.8 Å². The largest absolute Gasteiger partial charge is 0.491 e. The molecule has 1 aromatic carbocycles. The Morgan fingerprint density at radius 3 is 2.35 bits per heavy atom. The van der Waals surface area contributed by atoms with Gasteiger partial charge in [0.25, 0.3) is 0 Å². The standard InChI is InChI=1S/C16H18N2O4S/c1-5-22-14-11(4)17-16(19)13(18(20)21)15(14)23-12-7-9(2)6-10(3)8-12/h6-8H,5H2,1-4H3,(H,17,19). The highest BCUT2D eigenvalue weighted by atomic mass is 32.2. The highest BCUT2D eigenvalue weighted by Crippen LogP contribution is 2.41. The molecule has 6 nitrogen and oxygen atoms in total. The Morgan fingerprint density at radius 2 is 1.83 bits per heavy atom. The second kappa shape index (κ2) is 6.87. The quantitative estimate of drug-likeness (QED) is 0.665. The van der Waals surface area contributed by atoms with Crippen LogP contribution in [-0.2, 0) is 0 Å². The Bertz CT molecular complexity index is 794. The molecule has 2 rings (SSSR count). The fourth-order valence-corrected chi connectivity index (χ4v) is 3.65. The number of rotatable bonds is 5. The van der Waals surface area contributed by atoms with Crippen molar-refractivity contribution in [3.63, 3.8) is 0 Å². The summed E-state index contributed by atoms with van der Waals surface area (Å²) in [4.78, 5) is 26.3. The van der Waals surface area contributed by atoms with Gasteiger partial charge in [0.15, 0.2) is 5.75 Å². The lowest BCUT2D eigenvalue weighted by Gasteiger charge is -2.13. The normalized spacial score (nSPS) is 10.6. The van der Waals surface area contributed by atoms with Crippen molar-refractivity contribution in [2.75, 3.05) is 6.61 Å². The predicted octanol–water partition coefficient (Wildman–Crippen LogP) is 3.76. The van der Waals surface area contributed by atoms with Crippen molar-refractivity contribution in [2.45, 2.75) is 37.5 Å². The van der Waals surface area contributed by atoms with Crippen molar-refractivity contribution in [1.82, 2.24) is 4.98 Å². The van der Waals surface area contributed by atoms with E-state index in [4.69, 9.17) is 4.74 Å². The van der Waals surface area contributed by atoms with E-state index in [1.54, 1.807) is 13.8 Å². The number of hydrogen-bond donors (Lipinski definition) is 1. The number of aryl methyl sites for hydroxylation is 3. The Labute approximate surface area is 138 Å². The summed E-state index contributed by atoms with van der Waals surface area (Å²) in [7, 11) is 0. The molecule has 2 aromatic rings. The first-order valence-electron chi connectivity index (χ1n) is 7.13. The predicted molar refractivity (Wildman–Crippen MR) is 89.7 cm³/mol. The van der Waals surface area contributed by atoms with E-state index in [0.29, 0.717) is 18.1 Å². The van der Waals surface area contributed by atoms with Crippen LogP contribution in [0.25, 0.3) is 0 Å². The van der Waals surface area contributed by atoms with E-state index in [2.05, 4.69) is 4.98 Å². The zero-order chi connectivity index (χ0) is 17.1. The number of ether oxygens (including phenoxy) is 1. The number of pyridine rings is 1. The van der Waals surface area contributed by atoms with Gasteiger partial charge >= 0.3 is 11.2 Å². The summed E-state index contributed by atoms with van der Waals surface area (Å²) in [6.07, 6.45) is 0. The van der Waals surface area contributed by atoms with Crippen LogP contribution in [0, 0.1) is 30.9 Å². The Balaban J connectivity index is 2.66. The van der Waals surface area contributed by atoms with Gasteiger partial charge in [-0.15, -0.1) is 0 Å². The Hall–Kier alpha value is -2.28. The number of aromatic amines is 1. The fraction of sp³-hybridized carbons (Fsp3) is 0.312. The van der Waals surface area contributed by atoms with Gasteiger partial charge in [-0.3, -0.25) is 14.9 Å². The topological polar surface area (TPSA) is 85.2 Å². The lowest BCUT2D eigenvalue weighted by atomic mass is 10.2. The average Bonchev–Trinajstić information content (AvgIpc) is 2.41. The number of hydrogen-bond acceptors (Lipinski definition) is 5. The smallest absolute Gasteiger partial charge is 0.351 e. The van der Waals surface area contributed by atoms with E-state index in [1.807, 2.05) is 32.0 Å². The molecule has 0 radical (unpaired) electrons.